The van der Waals surface area contributed by atoms with Crippen LogP contribution < -0.4 is 10.6 Å². The molecule has 6 nitrogen and oxygen atoms in total. The lowest BCUT2D eigenvalue weighted by atomic mass is 10.0. The van der Waals surface area contributed by atoms with Crippen LogP contribution in [0.2, 0.25) is 0 Å². The Morgan fingerprint density at radius 1 is 1.14 bits per heavy atom. The van der Waals surface area contributed by atoms with Gasteiger partial charge in [0, 0.05) is 45.2 Å². The van der Waals surface area contributed by atoms with Gasteiger partial charge < -0.3 is 15.5 Å². The molecule has 1 aromatic carbocycles. The van der Waals surface area contributed by atoms with E-state index in [4.69, 9.17) is 0 Å². The first-order valence-electron chi connectivity index (χ1n) is 11.1. The monoisotopic (exact) mass is 399 g/mol. The van der Waals surface area contributed by atoms with Crippen molar-refractivity contribution in [1.29, 1.82) is 0 Å². The molecule has 0 bridgehead atoms. The number of benzene rings is 1. The minimum Gasteiger partial charge on any atom is -0.352 e. The number of nitrogens with one attached hydrogen (secondary N) is 2. The lowest BCUT2D eigenvalue weighted by Gasteiger charge is -2.27. The fourth-order valence-corrected chi connectivity index (χ4v) is 4.25. The third-order valence-electron chi connectivity index (χ3n) is 5.97. The predicted octanol–water partition coefficient (Wildman–Crippen LogP) is 2.59. The quantitative estimate of drug-likeness (QED) is 0.570. The summed E-state index contributed by atoms with van der Waals surface area (Å²) in [5.41, 5.74) is 2.72. The van der Waals surface area contributed by atoms with Gasteiger partial charge in [-0.15, -0.1) is 0 Å². The summed E-state index contributed by atoms with van der Waals surface area (Å²) in [7, 11) is 1.81. The molecule has 0 saturated carbocycles. The van der Waals surface area contributed by atoms with Crippen LogP contribution in [0.1, 0.15) is 50.7 Å². The number of hydrogen-bond donors (Lipinski definition) is 2. The van der Waals surface area contributed by atoms with Gasteiger partial charge in [-0.2, -0.15) is 0 Å². The third-order valence-corrected chi connectivity index (χ3v) is 5.97. The SMILES string of the molecule is CN=C(NCc1ccccc1CN1CCCCC1)NC1CCN(C(=O)C(C)C)C1. The van der Waals surface area contributed by atoms with Crippen molar-refractivity contribution >= 4 is 11.9 Å². The van der Waals surface area contributed by atoms with Gasteiger partial charge >= 0.3 is 0 Å². The number of amides is 1. The highest BCUT2D eigenvalue weighted by Gasteiger charge is 2.28. The topological polar surface area (TPSA) is 60.0 Å². The number of carbonyl (C=O) groups excluding carboxylic acids is 1. The van der Waals surface area contributed by atoms with Crippen LogP contribution in [-0.4, -0.2) is 60.9 Å². The molecule has 2 aliphatic heterocycles. The molecule has 1 amide bonds. The Bertz CT molecular complexity index is 696. The summed E-state index contributed by atoms with van der Waals surface area (Å²) in [6.45, 7) is 9.70. The molecular formula is C23H37N5O. The first-order valence-corrected chi connectivity index (χ1v) is 11.1. The van der Waals surface area contributed by atoms with Crippen LogP contribution in [0, 0.1) is 5.92 Å². The molecule has 2 fully saturated rings. The second-order valence-corrected chi connectivity index (χ2v) is 8.60. The highest BCUT2D eigenvalue weighted by molar-refractivity contribution is 5.81. The number of aliphatic imine (C=N–C) groups is 1. The zero-order valence-electron chi connectivity index (χ0n) is 18.3. The molecule has 3 rings (SSSR count). The summed E-state index contributed by atoms with van der Waals surface area (Å²) in [5, 5.41) is 6.97. The zero-order valence-corrected chi connectivity index (χ0v) is 18.3. The van der Waals surface area contributed by atoms with Crippen molar-refractivity contribution in [3.8, 4) is 0 Å². The highest BCUT2D eigenvalue weighted by atomic mass is 16.2. The Kier molecular flexibility index (Phi) is 7.92. The normalized spacial score (nSPS) is 20.9. The minimum absolute atomic E-state index is 0.0580. The zero-order chi connectivity index (χ0) is 20.6. The molecule has 6 heteroatoms. The molecule has 1 atom stereocenters. The first-order chi connectivity index (χ1) is 14.1. The van der Waals surface area contributed by atoms with E-state index in [0.29, 0.717) is 0 Å². The molecule has 29 heavy (non-hydrogen) atoms. The Hall–Kier alpha value is -2.08. The largest absolute Gasteiger partial charge is 0.352 e. The van der Waals surface area contributed by atoms with E-state index in [2.05, 4.69) is 44.8 Å². The average Bonchev–Trinajstić information content (AvgIpc) is 3.20. The van der Waals surface area contributed by atoms with Gasteiger partial charge in [-0.05, 0) is 43.5 Å². The van der Waals surface area contributed by atoms with Crippen molar-refractivity contribution in [2.45, 2.75) is 58.7 Å². The summed E-state index contributed by atoms with van der Waals surface area (Å²) >= 11 is 0. The number of hydrogen-bond acceptors (Lipinski definition) is 3. The molecule has 160 valence electrons. The van der Waals surface area contributed by atoms with E-state index in [0.717, 1.165) is 38.6 Å². The van der Waals surface area contributed by atoms with Crippen LogP contribution in [0.5, 0.6) is 0 Å². The number of guanidine groups is 1. The second-order valence-electron chi connectivity index (χ2n) is 8.60. The van der Waals surface area contributed by atoms with E-state index >= 15 is 0 Å². The summed E-state index contributed by atoms with van der Waals surface area (Å²) in [5.74, 6) is 1.10. The maximum Gasteiger partial charge on any atom is 0.225 e. The number of nitrogens with zero attached hydrogens (tertiary/aromatic N) is 3. The molecule has 2 N–H and O–H groups in total. The van der Waals surface area contributed by atoms with Gasteiger partial charge in [0.15, 0.2) is 5.96 Å². The van der Waals surface area contributed by atoms with Crippen LogP contribution >= 0.6 is 0 Å². The van der Waals surface area contributed by atoms with Gasteiger partial charge in [-0.3, -0.25) is 14.7 Å². The van der Waals surface area contributed by atoms with Crippen LogP contribution in [-0.2, 0) is 17.9 Å². The van der Waals surface area contributed by atoms with E-state index in [1.54, 1.807) is 7.05 Å². The molecule has 1 unspecified atom stereocenters. The maximum absolute atomic E-state index is 12.2. The standard InChI is InChI=1S/C23H37N5O/c1-18(2)22(29)28-14-11-21(17-28)26-23(24-3)25-15-19-9-5-6-10-20(19)16-27-12-7-4-8-13-27/h5-6,9-10,18,21H,4,7-8,11-17H2,1-3H3,(H2,24,25,26). The molecule has 0 spiro atoms. The van der Waals surface area contributed by atoms with E-state index < -0.39 is 0 Å². The van der Waals surface area contributed by atoms with Gasteiger partial charge in [0.2, 0.25) is 5.91 Å². The molecule has 2 saturated heterocycles. The second kappa shape index (κ2) is 10.6. The number of carbonyl (C=O) groups is 1. The van der Waals surface area contributed by atoms with Crippen molar-refractivity contribution in [3.63, 3.8) is 0 Å². The smallest absolute Gasteiger partial charge is 0.225 e. The number of rotatable bonds is 6. The van der Waals surface area contributed by atoms with Crippen LogP contribution in [0.4, 0.5) is 0 Å². The molecule has 2 aliphatic rings. The van der Waals surface area contributed by atoms with Gasteiger partial charge in [-0.25, -0.2) is 0 Å². The highest BCUT2D eigenvalue weighted by Crippen LogP contribution is 2.16. The number of likely N-dealkylation sites (tertiary alicyclic amines) is 2. The molecule has 0 aliphatic carbocycles. The van der Waals surface area contributed by atoms with Crippen molar-refractivity contribution in [2.24, 2.45) is 10.9 Å². The maximum atomic E-state index is 12.2. The fourth-order valence-electron chi connectivity index (χ4n) is 4.25. The van der Waals surface area contributed by atoms with Gasteiger partial charge in [0.1, 0.15) is 0 Å². The van der Waals surface area contributed by atoms with Crippen molar-refractivity contribution < 1.29 is 4.79 Å². The Labute approximate surface area is 175 Å². The van der Waals surface area contributed by atoms with E-state index in [1.807, 2.05) is 18.7 Å². The lowest BCUT2D eigenvalue weighted by Crippen LogP contribution is -2.45. The van der Waals surface area contributed by atoms with Crippen molar-refractivity contribution in [1.82, 2.24) is 20.4 Å². The third kappa shape index (κ3) is 6.20. The van der Waals surface area contributed by atoms with Crippen LogP contribution in [0.15, 0.2) is 29.3 Å². The van der Waals surface area contributed by atoms with Gasteiger partial charge in [-0.1, -0.05) is 44.5 Å². The molecule has 1 aromatic rings. The van der Waals surface area contributed by atoms with Gasteiger partial charge in [0.25, 0.3) is 0 Å². The number of piperidine rings is 1. The summed E-state index contributed by atoms with van der Waals surface area (Å²) in [4.78, 5) is 21.1. The lowest BCUT2D eigenvalue weighted by molar-refractivity contribution is -0.133. The van der Waals surface area contributed by atoms with Crippen LogP contribution in [0.3, 0.4) is 0 Å². The first kappa shape index (κ1) is 21.6. The minimum atomic E-state index is 0.0580. The molecule has 0 radical (unpaired) electrons. The Balaban J connectivity index is 1.52. The van der Waals surface area contributed by atoms with E-state index in [1.165, 1.54) is 43.5 Å². The molecule has 2 heterocycles. The predicted molar refractivity (Wildman–Crippen MR) is 119 cm³/mol. The van der Waals surface area contributed by atoms with Crippen LogP contribution in [0.25, 0.3) is 0 Å². The summed E-state index contributed by atoms with van der Waals surface area (Å²) in [6.07, 6.45) is 4.96. The van der Waals surface area contributed by atoms with Crippen molar-refractivity contribution in [3.05, 3.63) is 35.4 Å². The van der Waals surface area contributed by atoms with Gasteiger partial charge in [0.05, 0.1) is 0 Å². The molecule has 0 aromatic heterocycles. The van der Waals surface area contributed by atoms with E-state index in [-0.39, 0.29) is 17.9 Å². The van der Waals surface area contributed by atoms with E-state index in [9.17, 15) is 4.79 Å². The summed E-state index contributed by atoms with van der Waals surface area (Å²) < 4.78 is 0. The Morgan fingerprint density at radius 2 is 1.86 bits per heavy atom. The Morgan fingerprint density at radius 3 is 2.55 bits per heavy atom. The van der Waals surface area contributed by atoms with Crippen molar-refractivity contribution in [2.75, 3.05) is 33.2 Å². The summed E-state index contributed by atoms with van der Waals surface area (Å²) in [6, 6.07) is 8.95. The average molecular weight is 400 g/mol. The fraction of sp³-hybridized carbons (Fsp3) is 0.652. The molecular weight excluding hydrogens is 362 g/mol.